The number of hydrogen-bond donors (Lipinski definition) is 1. The molecule has 1 aliphatic carbocycles. The van der Waals surface area contributed by atoms with Gasteiger partial charge in [-0.2, -0.15) is 18.3 Å². The molecule has 0 amide bonds. The summed E-state index contributed by atoms with van der Waals surface area (Å²) in [5, 5.41) is 13.5. The lowest BCUT2D eigenvalue weighted by atomic mass is 9.97. The number of aryl methyl sites for hydroxylation is 1. The van der Waals surface area contributed by atoms with Crippen LogP contribution >= 0.6 is 0 Å². The Morgan fingerprint density at radius 1 is 0.958 bits per heavy atom. The molecule has 0 unspecified atom stereocenters. The van der Waals surface area contributed by atoms with Crippen molar-refractivity contribution in [3.63, 3.8) is 0 Å². The van der Waals surface area contributed by atoms with Gasteiger partial charge in [-0.1, -0.05) is 6.07 Å². The topological polar surface area (TPSA) is 107 Å². The monoisotopic (exact) mass is 695 g/mol. The van der Waals surface area contributed by atoms with Gasteiger partial charge in [0.05, 0.1) is 17.2 Å². The van der Waals surface area contributed by atoms with Crippen LogP contribution in [0.3, 0.4) is 0 Å². The second-order valence-electron chi connectivity index (χ2n) is 11.2. The Morgan fingerprint density at radius 3 is 2.21 bits per heavy atom. The van der Waals surface area contributed by atoms with E-state index in [4.69, 9.17) is 4.42 Å². The van der Waals surface area contributed by atoms with Gasteiger partial charge in [0.1, 0.15) is 17.3 Å². The lowest BCUT2D eigenvalue weighted by molar-refractivity contribution is -0.274. The number of halogens is 7. The Hall–Kier alpha value is -4.70. The van der Waals surface area contributed by atoms with Crippen LogP contribution in [-0.4, -0.2) is 40.9 Å². The average Bonchev–Trinajstić information content (AvgIpc) is 3.61. The Labute approximate surface area is 268 Å². The number of nitrogens with zero attached hydrogens (tertiary/aromatic N) is 3. The summed E-state index contributed by atoms with van der Waals surface area (Å²) in [5.41, 5.74) is -0.426. The molecule has 2 aromatic heterocycles. The zero-order valence-corrected chi connectivity index (χ0v) is 25.8. The number of aliphatic hydroxyl groups excluding tert-OH is 1. The summed E-state index contributed by atoms with van der Waals surface area (Å²) in [6.45, 7) is 0.599. The first kappa shape index (κ1) is 33.2. The molecule has 48 heavy (non-hydrogen) atoms. The number of oxazole rings is 1. The van der Waals surface area contributed by atoms with Gasteiger partial charge in [0.25, 0.3) is 0 Å². The van der Waals surface area contributed by atoms with Gasteiger partial charge in [-0.05, 0) is 78.6 Å². The summed E-state index contributed by atoms with van der Waals surface area (Å²) in [6.07, 6.45) is -7.60. The highest BCUT2D eigenvalue weighted by molar-refractivity contribution is 7.90. The molecule has 2 heterocycles. The minimum absolute atomic E-state index is 0.0410. The maximum Gasteiger partial charge on any atom is 0.573 e. The molecule has 8 nitrogen and oxygen atoms in total. The van der Waals surface area contributed by atoms with Gasteiger partial charge in [0.15, 0.2) is 27.2 Å². The highest BCUT2D eigenvalue weighted by Crippen LogP contribution is 2.45. The first-order valence-corrected chi connectivity index (χ1v) is 16.1. The van der Waals surface area contributed by atoms with E-state index >= 15 is 4.39 Å². The van der Waals surface area contributed by atoms with Gasteiger partial charge in [0, 0.05) is 41.5 Å². The summed E-state index contributed by atoms with van der Waals surface area (Å²) in [5.74, 6) is -1.58. The third kappa shape index (κ3) is 6.67. The van der Waals surface area contributed by atoms with Gasteiger partial charge < -0.3 is 14.3 Å². The Balaban J connectivity index is 1.59. The number of aliphatic hydroxyl groups is 1. The quantitative estimate of drug-likeness (QED) is 0.164. The highest BCUT2D eigenvalue weighted by Gasteiger charge is 2.39. The molecule has 0 bridgehead atoms. The predicted molar refractivity (Wildman–Crippen MR) is 157 cm³/mol. The SMILES string of the molecule is Cc1nc(-c2cc(-c3cc(F)c(CO)c(S(C)(=O)=O)c3)ccc2-n2nc(C(F)(F)F)cc2C2CC2)c(-c2ccc(OC(F)(F)F)cc2)o1. The number of aromatic nitrogens is 3. The van der Waals surface area contributed by atoms with Crippen LogP contribution < -0.4 is 4.74 Å². The lowest BCUT2D eigenvalue weighted by Gasteiger charge is -2.16. The molecule has 1 aliphatic rings. The molecule has 1 saturated carbocycles. The second kappa shape index (κ2) is 11.8. The van der Waals surface area contributed by atoms with E-state index in [1.807, 2.05) is 0 Å². The molecule has 5 aromatic rings. The smallest absolute Gasteiger partial charge is 0.440 e. The van der Waals surface area contributed by atoms with Crippen LogP contribution in [0.5, 0.6) is 5.75 Å². The van der Waals surface area contributed by atoms with E-state index in [-0.39, 0.29) is 56.9 Å². The minimum atomic E-state index is -4.94. The van der Waals surface area contributed by atoms with Crippen molar-refractivity contribution in [2.75, 3.05) is 6.26 Å². The van der Waals surface area contributed by atoms with Gasteiger partial charge in [-0.3, -0.25) is 0 Å². The Morgan fingerprint density at radius 2 is 1.62 bits per heavy atom. The molecule has 0 radical (unpaired) electrons. The highest BCUT2D eigenvalue weighted by atomic mass is 32.2. The van der Waals surface area contributed by atoms with Crippen molar-refractivity contribution < 1.29 is 53.4 Å². The largest absolute Gasteiger partial charge is 0.573 e. The third-order valence-electron chi connectivity index (χ3n) is 7.63. The summed E-state index contributed by atoms with van der Waals surface area (Å²) < 4.78 is 131. The van der Waals surface area contributed by atoms with Gasteiger partial charge in [0.2, 0.25) is 0 Å². The van der Waals surface area contributed by atoms with Crippen molar-refractivity contribution in [2.45, 2.75) is 49.7 Å². The van der Waals surface area contributed by atoms with E-state index in [2.05, 4.69) is 14.8 Å². The summed E-state index contributed by atoms with van der Waals surface area (Å²) in [7, 11) is -4.01. The summed E-state index contributed by atoms with van der Waals surface area (Å²) in [4.78, 5) is 4.01. The number of hydrogen-bond acceptors (Lipinski definition) is 7. The van der Waals surface area contributed by atoms with E-state index in [0.717, 1.165) is 35.2 Å². The first-order valence-electron chi connectivity index (χ1n) is 14.2. The number of ether oxygens (including phenoxy) is 1. The first-order chi connectivity index (χ1) is 22.4. The van der Waals surface area contributed by atoms with Crippen molar-refractivity contribution in [1.82, 2.24) is 14.8 Å². The zero-order chi connectivity index (χ0) is 34.8. The fourth-order valence-electron chi connectivity index (χ4n) is 5.36. The maximum atomic E-state index is 15.1. The lowest BCUT2D eigenvalue weighted by Crippen LogP contribution is -2.16. The van der Waals surface area contributed by atoms with Crippen molar-refractivity contribution in [3.8, 4) is 45.1 Å². The molecular weight excluding hydrogens is 671 g/mol. The van der Waals surface area contributed by atoms with Crippen molar-refractivity contribution >= 4 is 9.84 Å². The number of sulfone groups is 1. The maximum absolute atomic E-state index is 15.1. The number of rotatable bonds is 8. The number of alkyl halides is 6. The second-order valence-corrected chi connectivity index (χ2v) is 13.2. The molecule has 3 aromatic carbocycles. The van der Waals surface area contributed by atoms with Crippen LogP contribution in [0.25, 0.3) is 39.4 Å². The minimum Gasteiger partial charge on any atom is -0.440 e. The average molecular weight is 696 g/mol. The fraction of sp³-hybridized carbons (Fsp3) is 0.250. The van der Waals surface area contributed by atoms with Gasteiger partial charge in [-0.15, -0.1) is 13.2 Å². The van der Waals surface area contributed by atoms with E-state index in [0.29, 0.717) is 12.8 Å². The van der Waals surface area contributed by atoms with Crippen LogP contribution in [0, 0.1) is 12.7 Å². The zero-order valence-electron chi connectivity index (χ0n) is 24.9. The summed E-state index contributed by atoms with van der Waals surface area (Å²) in [6, 6.07) is 12.1. The normalized spacial score (nSPS) is 14.0. The van der Waals surface area contributed by atoms with E-state index in [9.17, 15) is 39.9 Å². The Kier molecular flexibility index (Phi) is 8.14. The van der Waals surface area contributed by atoms with E-state index in [1.165, 1.54) is 43.3 Å². The number of benzene rings is 3. The summed E-state index contributed by atoms with van der Waals surface area (Å²) >= 11 is 0. The van der Waals surface area contributed by atoms with Crippen LogP contribution in [0.15, 0.2) is 70.0 Å². The Bertz CT molecular complexity index is 2130. The molecule has 252 valence electrons. The molecule has 16 heteroatoms. The van der Waals surface area contributed by atoms with Gasteiger partial charge in [-0.25, -0.2) is 22.5 Å². The fourth-order valence-corrected chi connectivity index (χ4v) is 6.31. The molecule has 0 atom stereocenters. The standard InChI is InChI=1S/C32H24F7N3O5S/c1-16-40-29(30(46-16)18-5-8-21(9-6-18)47-32(37,38)39)22-11-19(20-12-24(33)23(15-43)27(13-20)48(2,44)45)7-10-25(22)42-26(17-3-4-17)14-28(41-42)31(34,35)36/h5-14,17,43H,3-4,15H2,1-2H3. The van der Waals surface area contributed by atoms with E-state index in [1.54, 1.807) is 0 Å². The van der Waals surface area contributed by atoms with Crippen LogP contribution in [0.4, 0.5) is 30.7 Å². The predicted octanol–water partition coefficient (Wildman–Crippen LogP) is 8.00. The van der Waals surface area contributed by atoms with Gasteiger partial charge >= 0.3 is 12.5 Å². The molecule has 0 spiro atoms. The molecular formula is C32H24F7N3O5S. The van der Waals surface area contributed by atoms with Crippen molar-refractivity contribution in [2.24, 2.45) is 0 Å². The van der Waals surface area contributed by atoms with Crippen molar-refractivity contribution in [3.05, 3.63) is 89.3 Å². The molecule has 0 aliphatic heterocycles. The molecule has 1 fully saturated rings. The molecule has 6 rings (SSSR count). The van der Waals surface area contributed by atoms with Crippen LogP contribution in [0.1, 0.15) is 41.6 Å². The van der Waals surface area contributed by atoms with Crippen LogP contribution in [-0.2, 0) is 22.6 Å². The van der Waals surface area contributed by atoms with Crippen LogP contribution in [0.2, 0.25) is 0 Å². The molecule has 1 N–H and O–H groups in total. The van der Waals surface area contributed by atoms with Crippen molar-refractivity contribution in [1.29, 1.82) is 0 Å². The van der Waals surface area contributed by atoms with E-state index < -0.39 is 56.7 Å². The third-order valence-corrected chi connectivity index (χ3v) is 8.80. The molecule has 0 saturated heterocycles.